The van der Waals surface area contributed by atoms with Crippen molar-refractivity contribution in [1.29, 1.82) is 0 Å². The molecule has 22 heavy (non-hydrogen) atoms. The van der Waals surface area contributed by atoms with E-state index in [1.54, 1.807) is 7.11 Å². The molecule has 0 amide bonds. The van der Waals surface area contributed by atoms with Crippen LogP contribution >= 0.6 is 0 Å². The highest BCUT2D eigenvalue weighted by Gasteiger charge is 2.16. The summed E-state index contributed by atoms with van der Waals surface area (Å²) in [6, 6.07) is 10.7. The first kappa shape index (κ1) is 16.7. The number of rotatable bonds is 7. The number of aromatic nitrogens is 2. The van der Waals surface area contributed by atoms with Crippen molar-refractivity contribution in [2.75, 3.05) is 26.8 Å². The number of ether oxygens (including phenoxy) is 1. The number of benzene rings is 1. The third-order valence-electron chi connectivity index (χ3n) is 3.63. The van der Waals surface area contributed by atoms with Gasteiger partial charge in [0, 0.05) is 25.3 Å². The molecule has 0 saturated carbocycles. The van der Waals surface area contributed by atoms with Crippen molar-refractivity contribution >= 4 is 0 Å². The zero-order valence-corrected chi connectivity index (χ0v) is 14.1. The Morgan fingerprint density at radius 1 is 1.09 bits per heavy atom. The van der Waals surface area contributed by atoms with Crippen molar-refractivity contribution in [3.8, 4) is 5.69 Å². The highest BCUT2D eigenvalue weighted by Crippen LogP contribution is 2.21. The Bertz CT molecular complexity index is 567. The third kappa shape index (κ3) is 4.68. The topological polar surface area (TPSA) is 39.1 Å². The molecule has 0 aliphatic carbocycles. The van der Waals surface area contributed by atoms with Crippen LogP contribution in [0.1, 0.15) is 32.0 Å². The van der Waals surface area contributed by atoms with E-state index in [9.17, 15) is 0 Å². The first-order valence-corrected chi connectivity index (χ1v) is 7.86. The second-order valence-electron chi connectivity index (χ2n) is 6.55. The zero-order valence-electron chi connectivity index (χ0n) is 14.1. The summed E-state index contributed by atoms with van der Waals surface area (Å²) in [5.41, 5.74) is 3.63. The molecular formula is C18H27N3O. The molecule has 0 bridgehead atoms. The van der Waals surface area contributed by atoms with Gasteiger partial charge in [-0.3, -0.25) is 0 Å². The Hall–Kier alpha value is -1.65. The van der Waals surface area contributed by atoms with Gasteiger partial charge in [0.05, 0.1) is 18.0 Å². The second kappa shape index (κ2) is 7.56. The monoisotopic (exact) mass is 301 g/mol. The lowest BCUT2D eigenvalue weighted by atomic mass is 9.93. The molecule has 0 atom stereocenters. The molecule has 1 aromatic heterocycles. The molecule has 0 fully saturated rings. The summed E-state index contributed by atoms with van der Waals surface area (Å²) in [4.78, 5) is 0. The highest BCUT2D eigenvalue weighted by molar-refractivity contribution is 5.34. The minimum absolute atomic E-state index is 0.0824. The maximum Gasteiger partial charge on any atom is 0.0682 e. The Morgan fingerprint density at radius 3 is 2.41 bits per heavy atom. The number of hydrogen-bond acceptors (Lipinski definition) is 3. The van der Waals surface area contributed by atoms with Crippen LogP contribution in [0.15, 0.2) is 36.5 Å². The van der Waals surface area contributed by atoms with E-state index >= 15 is 0 Å². The lowest BCUT2D eigenvalue weighted by Crippen LogP contribution is -2.21. The highest BCUT2D eigenvalue weighted by atomic mass is 16.5. The van der Waals surface area contributed by atoms with Crippen LogP contribution < -0.4 is 5.32 Å². The van der Waals surface area contributed by atoms with Crippen molar-refractivity contribution in [2.45, 2.75) is 32.6 Å². The van der Waals surface area contributed by atoms with Crippen LogP contribution in [0.2, 0.25) is 0 Å². The average Bonchev–Trinajstić information content (AvgIpc) is 2.98. The molecule has 0 saturated heterocycles. The summed E-state index contributed by atoms with van der Waals surface area (Å²) in [5.74, 6) is 0. The van der Waals surface area contributed by atoms with Crippen LogP contribution in [0.3, 0.4) is 0 Å². The van der Waals surface area contributed by atoms with Gasteiger partial charge in [0.1, 0.15) is 0 Å². The molecule has 4 heteroatoms. The van der Waals surface area contributed by atoms with Gasteiger partial charge in [-0.25, -0.2) is 4.68 Å². The van der Waals surface area contributed by atoms with Gasteiger partial charge in [0.15, 0.2) is 0 Å². The molecule has 0 spiro atoms. The molecule has 0 radical (unpaired) electrons. The first-order valence-electron chi connectivity index (χ1n) is 7.86. The Balaban J connectivity index is 1.93. The van der Waals surface area contributed by atoms with Crippen molar-refractivity contribution in [3.05, 3.63) is 47.8 Å². The van der Waals surface area contributed by atoms with Crippen molar-refractivity contribution in [1.82, 2.24) is 15.1 Å². The van der Waals surface area contributed by atoms with E-state index in [2.05, 4.69) is 61.5 Å². The van der Waals surface area contributed by atoms with E-state index < -0.39 is 0 Å². The number of nitrogens with one attached hydrogen (secondary N) is 1. The molecule has 1 aromatic carbocycles. The molecule has 0 aliphatic heterocycles. The number of hydrogen-bond donors (Lipinski definition) is 1. The summed E-state index contributed by atoms with van der Waals surface area (Å²) in [6.07, 6.45) is 3.05. The van der Waals surface area contributed by atoms with Crippen LogP contribution in [0.4, 0.5) is 0 Å². The smallest absolute Gasteiger partial charge is 0.0682 e. The van der Waals surface area contributed by atoms with Crippen LogP contribution in [0, 0.1) is 0 Å². The quantitative estimate of drug-likeness (QED) is 0.799. The fraction of sp³-hybridized carbons (Fsp3) is 0.500. The van der Waals surface area contributed by atoms with Gasteiger partial charge < -0.3 is 10.1 Å². The van der Waals surface area contributed by atoms with Crippen LogP contribution in [-0.2, 0) is 16.6 Å². The molecule has 2 aromatic rings. The molecule has 0 unspecified atom stereocenters. The van der Waals surface area contributed by atoms with Crippen LogP contribution in [0.25, 0.3) is 5.69 Å². The number of nitrogens with zero attached hydrogens (tertiary/aromatic N) is 2. The van der Waals surface area contributed by atoms with E-state index in [1.807, 2.05) is 10.9 Å². The van der Waals surface area contributed by atoms with E-state index in [0.29, 0.717) is 0 Å². The van der Waals surface area contributed by atoms with Gasteiger partial charge in [0.25, 0.3) is 0 Å². The van der Waals surface area contributed by atoms with Gasteiger partial charge >= 0.3 is 0 Å². The lowest BCUT2D eigenvalue weighted by Gasteiger charge is -2.14. The fourth-order valence-corrected chi connectivity index (χ4v) is 2.22. The maximum atomic E-state index is 5.01. The largest absolute Gasteiger partial charge is 0.383 e. The zero-order chi connectivity index (χ0) is 16.0. The first-order chi connectivity index (χ1) is 10.5. The SMILES string of the molecule is COCCNCCc1ccc(-n2ccc(C(C)(C)C)n2)cc1. The van der Waals surface area contributed by atoms with Crippen molar-refractivity contribution < 1.29 is 4.74 Å². The summed E-state index contributed by atoms with van der Waals surface area (Å²) in [6.45, 7) is 9.17. The lowest BCUT2D eigenvalue weighted by molar-refractivity contribution is 0.199. The van der Waals surface area contributed by atoms with Crippen molar-refractivity contribution in [2.24, 2.45) is 0 Å². The van der Waals surface area contributed by atoms with Crippen LogP contribution in [-0.4, -0.2) is 36.6 Å². The number of methoxy groups -OCH3 is 1. The Morgan fingerprint density at radius 2 is 1.82 bits per heavy atom. The van der Waals surface area contributed by atoms with Gasteiger partial charge in [-0.15, -0.1) is 0 Å². The Kier molecular flexibility index (Phi) is 5.75. The summed E-state index contributed by atoms with van der Waals surface area (Å²) in [7, 11) is 1.72. The van der Waals surface area contributed by atoms with Gasteiger partial charge in [-0.2, -0.15) is 5.10 Å². The average molecular weight is 301 g/mol. The van der Waals surface area contributed by atoms with E-state index in [1.165, 1.54) is 5.56 Å². The normalized spacial score (nSPS) is 11.8. The summed E-state index contributed by atoms with van der Waals surface area (Å²) < 4.78 is 6.96. The maximum absolute atomic E-state index is 5.01. The molecule has 4 nitrogen and oxygen atoms in total. The van der Waals surface area contributed by atoms with Gasteiger partial charge in [-0.1, -0.05) is 32.9 Å². The van der Waals surface area contributed by atoms with Gasteiger partial charge in [0.2, 0.25) is 0 Å². The predicted molar refractivity (Wildman–Crippen MR) is 90.7 cm³/mol. The van der Waals surface area contributed by atoms with Crippen molar-refractivity contribution in [3.63, 3.8) is 0 Å². The van der Waals surface area contributed by atoms with E-state index in [-0.39, 0.29) is 5.41 Å². The molecule has 2 rings (SSSR count). The molecular weight excluding hydrogens is 274 g/mol. The summed E-state index contributed by atoms with van der Waals surface area (Å²) >= 11 is 0. The predicted octanol–water partition coefficient (Wildman–Crippen LogP) is 2.95. The standard InChI is InChI=1S/C18H27N3O/c1-18(2,3)17-10-13-21(20-17)16-7-5-15(6-8-16)9-11-19-12-14-22-4/h5-8,10,13,19H,9,11-12,14H2,1-4H3. The molecule has 0 aliphatic rings. The fourth-order valence-electron chi connectivity index (χ4n) is 2.22. The van der Waals surface area contributed by atoms with E-state index in [4.69, 9.17) is 4.74 Å². The van der Waals surface area contributed by atoms with Crippen LogP contribution in [0.5, 0.6) is 0 Å². The molecule has 1 heterocycles. The minimum atomic E-state index is 0.0824. The molecule has 120 valence electrons. The van der Waals surface area contributed by atoms with E-state index in [0.717, 1.165) is 37.5 Å². The Labute approximate surface area is 133 Å². The second-order valence-corrected chi connectivity index (χ2v) is 6.55. The van der Waals surface area contributed by atoms with Gasteiger partial charge in [-0.05, 0) is 36.7 Å². The molecule has 1 N–H and O–H groups in total. The minimum Gasteiger partial charge on any atom is -0.383 e. The third-order valence-corrected chi connectivity index (χ3v) is 3.63. The summed E-state index contributed by atoms with van der Waals surface area (Å²) in [5, 5.41) is 8.03.